The molecule has 0 saturated carbocycles. The fraction of sp³-hybridized carbons (Fsp3) is 0.471. The van der Waals surface area contributed by atoms with Crippen LogP contribution < -0.4 is 40.2 Å². The average Bonchev–Trinajstić information content (AvgIpc) is 2.92. The summed E-state index contributed by atoms with van der Waals surface area (Å²) in [7, 11) is -4.87. The van der Waals surface area contributed by atoms with E-state index in [0.29, 0.717) is 15.7 Å². The maximum atomic E-state index is 12.5. The maximum Gasteiger partial charge on any atom is 1.00 e. The van der Waals surface area contributed by atoms with Crippen LogP contribution in [0.1, 0.15) is 27.2 Å². The second kappa shape index (κ2) is 8.71. The van der Waals surface area contributed by atoms with Crippen LogP contribution >= 0.6 is 0 Å². The predicted molar refractivity (Wildman–Crippen MR) is 101 cm³/mol. The third-order valence-corrected chi connectivity index (χ3v) is 5.35. The van der Waals surface area contributed by atoms with Gasteiger partial charge in [0.1, 0.15) is 11.6 Å². The summed E-state index contributed by atoms with van der Waals surface area (Å²) in [6, 6.07) is 3.88. The van der Waals surface area contributed by atoms with Crippen molar-refractivity contribution in [1.82, 2.24) is 9.21 Å². The molecule has 0 aromatic heterocycles. The molecule has 2 aliphatic heterocycles. The van der Waals surface area contributed by atoms with Gasteiger partial charge in [-0.1, -0.05) is 0 Å². The number of fused-ring (bicyclic) bond motifs is 1. The van der Waals surface area contributed by atoms with Gasteiger partial charge in [0.05, 0.1) is 6.04 Å². The first-order valence-corrected chi connectivity index (χ1v) is 10.2. The van der Waals surface area contributed by atoms with E-state index in [-0.39, 0.29) is 42.5 Å². The number of β-lactam (4-membered cyclic amide) rings is 1. The summed E-state index contributed by atoms with van der Waals surface area (Å²) in [5.41, 5.74) is 0.239. The van der Waals surface area contributed by atoms with Crippen molar-refractivity contribution in [3.05, 3.63) is 24.3 Å². The molecule has 2 N–H and O–H groups in total. The Labute approximate surface area is 196 Å². The molecule has 0 spiro atoms. The van der Waals surface area contributed by atoms with E-state index in [1.165, 1.54) is 4.90 Å². The minimum Gasteiger partial charge on any atom is -0.731 e. The molecule has 1 aromatic rings. The van der Waals surface area contributed by atoms with Gasteiger partial charge in [0.25, 0.3) is 5.91 Å². The number of anilines is 2. The third kappa shape index (κ3) is 5.24. The topological polar surface area (TPSA) is 148 Å². The monoisotopic (exact) mass is 448 g/mol. The molecule has 2 atom stereocenters. The number of hydrogen-bond acceptors (Lipinski definition) is 7. The standard InChI is InChI=1S/C17H22N4O7S.Na/c1-17(2,3)28-16(24)19-11-6-4-10(5-7-11)18-15(23)20-9-8-12-13(20)14(22)21(12)29(25,26)27;/h4-7,12-13H,8-9H2,1-3H3,(H,18,23)(H,19,24)(H,25,26,27);/q;+1/p-1/t12-,13+;/m1./s1. The zero-order valence-electron chi connectivity index (χ0n) is 17.0. The van der Waals surface area contributed by atoms with Crippen molar-refractivity contribution in [2.75, 3.05) is 17.2 Å². The van der Waals surface area contributed by atoms with E-state index in [4.69, 9.17) is 4.74 Å². The first-order chi connectivity index (χ1) is 13.4. The van der Waals surface area contributed by atoms with Gasteiger partial charge in [-0.15, -0.1) is 0 Å². The number of nitrogens with one attached hydrogen (secondary N) is 2. The van der Waals surface area contributed by atoms with Crippen molar-refractivity contribution in [2.24, 2.45) is 0 Å². The molecule has 2 saturated heterocycles. The Bertz CT molecular complexity index is 946. The van der Waals surface area contributed by atoms with Gasteiger partial charge in [-0.3, -0.25) is 10.1 Å². The first kappa shape index (κ1) is 24.4. The molecule has 0 unspecified atom stereocenters. The second-order valence-corrected chi connectivity index (χ2v) is 8.97. The fourth-order valence-electron chi connectivity index (χ4n) is 3.29. The van der Waals surface area contributed by atoms with E-state index in [2.05, 4.69) is 10.6 Å². The summed E-state index contributed by atoms with van der Waals surface area (Å²) in [4.78, 5) is 37.4. The van der Waals surface area contributed by atoms with E-state index in [1.807, 2.05) is 0 Å². The van der Waals surface area contributed by atoms with Gasteiger partial charge in [0, 0.05) is 17.9 Å². The minimum atomic E-state index is -4.87. The van der Waals surface area contributed by atoms with Crippen LogP contribution in [0.4, 0.5) is 21.0 Å². The van der Waals surface area contributed by atoms with Crippen molar-refractivity contribution in [2.45, 2.75) is 44.9 Å². The van der Waals surface area contributed by atoms with Crippen molar-refractivity contribution in [3.63, 3.8) is 0 Å². The molecular formula is C17H21N4NaO7S. The normalized spacial score (nSPS) is 20.6. The van der Waals surface area contributed by atoms with Crippen molar-refractivity contribution >= 4 is 39.7 Å². The van der Waals surface area contributed by atoms with E-state index < -0.39 is 46.0 Å². The van der Waals surface area contributed by atoms with Crippen LogP contribution in [0.25, 0.3) is 0 Å². The summed E-state index contributed by atoms with van der Waals surface area (Å²) in [6.07, 6.45) is -0.400. The predicted octanol–water partition coefficient (Wildman–Crippen LogP) is -1.69. The molecule has 0 bridgehead atoms. The summed E-state index contributed by atoms with van der Waals surface area (Å²) >= 11 is 0. The molecule has 0 aliphatic carbocycles. The second-order valence-electron chi connectivity index (χ2n) is 7.72. The summed E-state index contributed by atoms with van der Waals surface area (Å²) in [5.74, 6) is -0.894. The van der Waals surface area contributed by atoms with Crippen molar-refractivity contribution in [3.8, 4) is 0 Å². The van der Waals surface area contributed by atoms with Gasteiger partial charge < -0.3 is 19.5 Å². The Kier molecular flexibility index (Phi) is 7.09. The largest absolute Gasteiger partial charge is 1.00 e. The van der Waals surface area contributed by atoms with Crippen LogP contribution in [0, 0.1) is 0 Å². The molecule has 13 heteroatoms. The van der Waals surface area contributed by atoms with E-state index in [9.17, 15) is 27.4 Å². The zero-order chi connectivity index (χ0) is 21.6. The maximum absolute atomic E-state index is 12.5. The Morgan fingerprint density at radius 1 is 1.13 bits per heavy atom. The van der Waals surface area contributed by atoms with Crippen LogP contribution in [0.3, 0.4) is 0 Å². The number of likely N-dealkylation sites (tertiary alicyclic amines) is 1. The Balaban J connectivity index is 0.00000320. The van der Waals surface area contributed by atoms with E-state index in [0.717, 1.165) is 0 Å². The Morgan fingerprint density at radius 3 is 2.17 bits per heavy atom. The molecule has 2 fully saturated rings. The van der Waals surface area contributed by atoms with Crippen LogP contribution in [0.15, 0.2) is 24.3 Å². The third-order valence-electron chi connectivity index (χ3n) is 4.42. The number of carbonyl (C=O) groups excluding carboxylic acids is 3. The molecular weight excluding hydrogens is 427 g/mol. The zero-order valence-corrected chi connectivity index (χ0v) is 19.9. The van der Waals surface area contributed by atoms with Gasteiger partial charge in [0.2, 0.25) is 0 Å². The Morgan fingerprint density at radius 2 is 1.67 bits per heavy atom. The number of rotatable bonds is 3. The molecule has 30 heavy (non-hydrogen) atoms. The van der Waals surface area contributed by atoms with Gasteiger partial charge in [-0.05, 0) is 51.5 Å². The van der Waals surface area contributed by atoms with Crippen molar-refractivity contribution < 1.29 is 61.6 Å². The minimum absolute atomic E-state index is 0. The summed E-state index contributed by atoms with van der Waals surface area (Å²) in [6.45, 7) is 5.38. The molecule has 0 radical (unpaired) electrons. The number of nitrogens with zero attached hydrogens (tertiary/aromatic N) is 2. The van der Waals surface area contributed by atoms with Crippen LogP contribution in [0.5, 0.6) is 0 Å². The van der Waals surface area contributed by atoms with Crippen LogP contribution in [0.2, 0.25) is 0 Å². The molecule has 1 aromatic carbocycles. The summed E-state index contributed by atoms with van der Waals surface area (Å²) in [5, 5.41) is 5.17. The van der Waals surface area contributed by atoms with Gasteiger partial charge in [-0.25, -0.2) is 22.3 Å². The molecule has 11 nitrogen and oxygen atoms in total. The van der Waals surface area contributed by atoms with Gasteiger partial charge in [0.15, 0.2) is 10.3 Å². The molecule has 2 aliphatic rings. The number of benzene rings is 1. The molecule has 4 amide bonds. The van der Waals surface area contributed by atoms with Gasteiger partial charge in [-0.2, -0.15) is 0 Å². The van der Waals surface area contributed by atoms with Crippen LogP contribution in [-0.4, -0.2) is 64.4 Å². The number of urea groups is 1. The van der Waals surface area contributed by atoms with Crippen LogP contribution in [-0.2, 0) is 19.8 Å². The smallest absolute Gasteiger partial charge is 0.731 e. The quantitative estimate of drug-likeness (QED) is 0.319. The first-order valence-electron chi connectivity index (χ1n) is 8.83. The molecule has 3 rings (SSSR count). The Hall–Kier alpha value is -1.86. The average molecular weight is 448 g/mol. The number of carbonyl (C=O) groups is 3. The number of amides is 4. The van der Waals surface area contributed by atoms with E-state index >= 15 is 0 Å². The number of ether oxygens (including phenoxy) is 1. The fourth-order valence-corrected chi connectivity index (χ4v) is 4.17. The SMILES string of the molecule is CC(C)(C)OC(=O)Nc1ccc(NC(=O)N2CC[C@@H]3[C@H]2C(=O)N3S(=O)(=O)[O-])cc1.[Na+]. The molecule has 2 heterocycles. The summed E-state index contributed by atoms with van der Waals surface area (Å²) < 4.78 is 38.8. The van der Waals surface area contributed by atoms with E-state index in [1.54, 1.807) is 45.0 Å². The van der Waals surface area contributed by atoms with Gasteiger partial charge >= 0.3 is 41.7 Å². The van der Waals surface area contributed by atoms with Crippen molar-refractivity contribution in [1.29, 1.82) is 0 Å². The number of hydrogen-bond donors (Lipinski definition) is 2. The molecule has 158 valence electrons.